The van der Waals surface area contributed by atoms with Crippen LogP contribution in [0, 0.1) is 6.92 Å². The molecule has 0 bridgehead atoms. The maximum absolute atomic E-state index is 11.6. The molecule has 0 amide bonds. The number of ether oxygens (including phenoxy) is 2. The zero-order chi connectivity index (χ0) is 14.2. The van der Waals surface area contributed by atoms with Gasteiger partial charge in [0.2, 0.25) is 0 Å². The molecule has 0 unspecified atom stereocenters. The first-order chi connectivity index (χ1) is 9.74. The summed E-state index contributed by atoms with van der Waals surface area (Å²) in [6.07, 6.45) is 2.82. The molecule has 0 spiro atoms. The molecule has 0 saturated carbocycles. The Morgan fingerprint density at radius 1 is 1.25 bits per heavy atom. The van der Waals surface area contributed by atoms with Crippen LogP contribution in [0.1, 0.15) is 24.8 Å². The van der Waals surface area contributed by atoms with E-state index in [1.807, 2.05) is 31.2 Å². The van der Waals surface area contributed by atoms with Crippen molar-refractivity contribution in [2.75, 3.05) is 32.8 Å². The van der Waals surface area contributed by atoms with Crippen LogP contribution >= 0.6 is 0 Å². The van der Waals surface area contributed by atoms with Crippen molar-refractivity contribution in [1.82, 2.24) is 4.90 Å². The average molecular weight is 277 g/mol. The monoisotopic (exact) mass is 277 g/mol. The van der Waals surface area contributed by atoms with E-state index >= 15 is 0 Å². The van der Waals surface area contributed by atoms with Crippen molar-refractivity contribution >= 4 is 5.97 Å². The lowest BCUT2D eigenvalue weighted by Crippen LogP contribution is -2.25. The van der Waals surface area contributed by atoms with Crippen molar-refractivity contribution in [3.8, 4) is 5.75 Å². The fourth-order valence-electron chi connectivity index (χ4n) is 2.32. The Labute approximate surface area is 120 Å². The molecule has 0 radical (unpaired) electrons. The number of carbonyl (C=O) groups excluding carboxylic acids is 1. The van der Waals surface area contributed by atoms with Crippen LogP contribution in [0.3, 0.4) is 0 Å². The number of aryl methyl sites for hydroxylation is 1. The smallest absolute Gasteiger partial charge is 0.309 e. The van der Waals surface area contributed by atoms with Gasteiger partial charge in [-0.3, -0.25) is 9.69 Å². The third kappa shape index (κ3) is 5.21. The summed E-state index contributed by atoms with van der Waals surface area (Å²) in [4.78, 5) is 13.9. The van der Waals surface area contributed by atoms with Crippen LogP contribution in [0.4, 0.5) is 0 Å². The van der Waals surface area contributed by atoms with E-state index in [9.17, 15) is 4.79 Å². The molecule has 1 aromatic rings. The summed E-state index contributed by atoms with van der Waals surface area (Å²) in [6.45, 7) is 5.99. The van der Waals surface area contributed by atoms with Gasteiger partial charge in [0.25, 0.3) is 0 Å². The number of benzene rings is 1. The van der Waals surface area contributed by atoms with Gasteiger partial charge < -0.3 is 9.47 Å². The van der Waals surface area contributed by atoms with Gasteiger partial charge in [-0.05, 0) is 50.6 Å². The molecule has 0 aliphatic carbocycles. The molecule has 4 nitrogen and oxygen atoms in total. The SMILES string of the molecule is Cc1cccc(OCCC(=O)OCCN2CCCC2)c1. The highest BCUT2D eigenvalue weighted by Crippen LogP contribution is 2.12. The van der Waals surface area contributed by atoms with Crippen LogP contribution in [0.2, 0.25) is 0 Å². The second kappa shape index (κ2) is 7.90. The summed E-state index contributed by atoms with van der Waals surface area (Å²) < 4.78 is 10.7. The van der Waals surface area contributed by atoms with Crippen LogP contribution in [-0.2, 0) is 9.53 Å². The normalized spacial score (nSPS) is 15.2. The molecule has 2 rings (SSSR count). The number of carbonyl (C=O) groups is 1. The molecule has 1 fully saturated rings. The van der Waals surface area contributed by atoms with Crippen LogP contribution in [0.15, 0.2) is 24.3 Å². The summed E-state index contributed by atoms with van der Waals surface area (Å²) in [5.74, 6) is 0.617. The third-order valence-corrected chi connectivity index (χ3v) is 3.43. The molecule has 110 valence electrons. The minimum absolute atomic E-state index is 0.183. The molecule has 0 atom stereocenters. The molecule has 1 aliphatic rings. The molecule has 1 heterocycles. The van der Waals surface area contributed by atoms with Crippen LogP contribution in [0.5, 0.6) is 5.75 Å². The van der Waals surface area contributed by atoms with Crippen LogP contribution in [0.25, 0.3) is 0 Å². The zero-order valence-corrected chi connectivity index (χ0v) is 12.1. The Balaban J connectivity index is 1.55. The van der Waals surface area contributed by atoms with Gasteiger partial charge in [-0.15, -0.1) is 0 Å². The van der Waals surface area contributed by atoms with Crippen LogP contribution < -0.4 is 4.74 Å². The predicted molar refractivity (Wildman–Crippen MR) is 77.9 cm³/mol. The number of esters is 1. The second-order valence-corrected chi connectivity index (χ2v) is 5.18. The molecule has 0 N–H and O–H groups in total. The van der Waals surface area contributed by atoms with Gasteiger partial charge in [0, 0.05) is 6.54 Å². The number of hydrogen-bond donors (Lipinski definition) is 0. The Kier molecular flexibility index (Phi) is 5.87. The molecule has 1 aromatic carbocycles. The summed E-state index contributed by atoms with van der Waals surface area (Å²) in [7, 11) is 0. The van der Waals surface area contributed by atoms with E-state index < -0.39 is 0 Å². The molecular formula is C16H23NO3. The van der Waals surface area contributed by atoms with Gasteiger partial charge in [0.15, 0.2) is 0 Å². The van der Waals surface area contributed by atoms with Crippen LogP contribution in [-0.4, -0.2) is 43.7 Å². The maximum atomic E-state index is 11.6. The highest BCUT2D eigenvalue weighted by molar-refractivity contribution is 5.69. The van der Waals surface area contributed by atoms with Crippen molar-refractivity contribution in [2.45, 2.75) is 26.2 Å². The largest absolute Gasteiger partial charge is 0.493 e. The van der Waals surface area contributed by atoms with E-state index in [4.69, 9.17) is 9.47 Å². The molecule has 1 saturated heterocycles. The average Bonchev–Trinajstić information content (AvgIpc) is 2.92. The molecule has 1 aliphatic heterocycles. The van der Waals surface area contributed by atoms with E-state index in [1.54, 1.807) is 0 Å². The number of hydrogen-bond acceptors (Lipinski definition) is 4. The lowest BCUT2D eigenvalue weighted by molar-refractivity contribution is -0.144. The summed E-state index contributed by atoms with van der Waals surface area (Å²) >= 11 is 0. The van der Waals surface area contributed by atoms with Crippen molar-refractivity contribution in [2.24, 2.45) is 0 Å². The fraction of sp³-hybridized carbons (Fsp3) is 0.562. The van der Waals surface area contributed by atoms with Gasteiger partial charge in [-0.25, -0.2) is 0 Å². The highest BCUT2D eigenvalue weighted by Gasteiger charge is 2.11. The second-order valence-electron chi connectivity index (χ2n) is 5.18. The summed E-state index contributed by atoms with van der Waals surface area (Å²) in [6, 6.07) is 7.81. The molecule has 20 heavy (non-hydrogen) atoms. The highest BCUT2D eigenvalue weighted by atomic mass is 16.5. The number of likely N-dealkylation sites (tertiary alicyclic amines) is 1. The number of nitrogens with zero attached hydrogens (tertiary/aromatic N) is 1. The molecular weight excluding hydrogens is 254 g/mol. The van der Waals surface area contributed by atoms with E-state index in [0.29, 0.717) is 19.6 Å². The zero-order valence-electron chi connectivity index (χ0n) is 12.1. The maximum Gasteiger partial charge on any atom is 0.309 e. The van der Waals surface area contributed by atoms with Crippen molar-refractivity contribution < 1.29 is 14.3 Å². The van der Waals surface area contributed by atoms with E-state index in [2.05, 4.69) is 4.90 Å². The molecule has 4 heteroatoms. The standard InChI is InChI=1S/C16H23NO3/c1-14-5-4-6-15(13-14)19-11-7-16(18)20-12-10-17-8-2-3-9-17/h4-6,13H,2-3,7-12H2,1H3. The van der Waals surface area contributed by atoms with Gasteiger partial charge in [0.05, 0.1) is 13.0 Å². The van der Waals surface area contributed by atoms with Gasteiger partial charge >= 0.3 is 5.97 Å². The Hall–Kier alpha value is -1.55. The van der Waals surface area contributed by atoms with Crippen molar-refractivity contribution in [1.29, 1.82) is 0 Å². The Morgan fingerprint density at radius 3 is 2.80 bits per heavy atom. The van der Waals surface area contributed by atoms with Crippen molar-refractivity contribution in [3.63, 3.8) is 0 Å². The third-order valence-electron chi connectivity index (χ3n) is 3.43. The van der Waals surface area contributed by atoms with Gasteiger partial charge in [0.1, 0.15) is 12.4 Å². The van der Waals surface area contributed by atoms with E-state index in [-0.39, 0.29) is 5.97 Å². The lowest BCUT2D eigenvalue weighted by Gasteiger charge is -2.14. The first-order valence-corrected chi connectivity index (χ1v) is 7.31. The van der Waals surface area contributed by atoms with Gasteiger partial charge in [-0.2, -0.15) is 0 Å². The predicted octanol–water partition coefficient (Wildman–Crippen LogP) is 2.40. The first kappa shape index (κ1) is 14.9. The first-order valence-electron chi connectivity index (χ1n) is 7.31. The summed E-state index contributed by atoms with van der Waals surface area (Å²) in [5, 5.41) is 0. The van der Waals surface area contributed by atoms with Gasteiger partial charge in [-0.1, -0.05) is 12.1 Å². The Morgan fingerprint density at radius 2 is 2.05 bits per heavy atom. The fourth-order valence-corrected chi connectivity index (χ4v) is 2.32. The minimum Gasteiger partial charge on any atom is -0.493 e. The quantitative estimate of drug-likeness (QED) is 0.717. The summed E-state index contributed by atoms with van der Waals surface area (Å²) in [5.41, 5.74) is 1.15. The number of rotatable bonds is 7. The van der Waals surface area contributed by atoms with E-state index in [0.717, 1.165) is 30.9 Å². The van der Waals surface area contributed by atoms with Crippen molar-refractivity contribution in [3.05, 3.63) is 29.8 Å². The Bertz CT molecular complexity index is 427. The lowest BCUT2D eigenvalue weighted by atomic mass is 10.2. The van der Waals surface area contributed by atoms with E-state index in [1.165, 1.54) is 12.8 Å². The topological polar surface area (TPSA) is 38.8 Å². The minimum atomic E-state index is -0.183. The molecule has 0 aromatic heterocycles.